The van der Waals surface area contributed by atoms with Crippen LogP contribution in [0.1, 0.15) is 43.0 Å². The molecule has 1 aromatic carbocycles. The molecule has 0 radical (unpaired) electrons. The van der Waals surface area contributed by atoms with Crippen molar-refractivity contribution < 1.29 is 0 Å². The van der Waals surface area contributed by atoms with Gasteiger partial charge in [-0.05, 0) is 56.5 Å². The van der Waals surface area contributed by atoms with E-state index in [1.54, 1.807) is 0 Å². The SMILES string of the molecule is Cn1cc(-c2ccc3nc([C@H]4C[C@H](N5CCCCC5)C4)sc3c2)cn1. The normalized spacial score (nSPS) is 24.5. The molecule has 25 heavy (non-hydrogen) atoms. The third-order valence-electron chi connectivity index (χ3n) is 5.81. The van der Waals surface area contributed by atoms with Gasteiger partial charge in [0, 0.05) is 30.8 Å². The summed E-state index contributed by atoms with van der Waals surface area (Å²) < 4.78 is 3.16. The fourth-order valence-corrected chi connectivity index (χ4v) is 5.37. The molecular formula is C20H24N4S. The molecule has 5 heteroatoms. The van der Waals surface area contributed by atoms with E-state index in [1.165, 1.54) is 66.0 Å². The van der Waals surface area contributed by atoms with Gasteiger partial charge in [0.1, 0.15) is 0 Å². The van der Waals surface area contributed by atoms with Gasteiger partial charge in [-0.2, -0.15) is 5.10 Å². The molecule has 5 rings (SSSR count). The van der Waals surface area contributed by atoms with Crippen molar-refractivity contribution in [3.05, 3.63) is 35.6 Å². The highest BCUT2D eigenvalue weighted by Crippen LogP contribution is 2.43. The monoisotopic (exact) mass is 352 g/mol. The molecular weight excluding hydrogens is 328 g/mol. The topological polar surface area (TPSA) is 34.0 Å². The molecule has 1 saturated carbocycles. The van der Waals surface area contributed by atoms with E-state index in [1.807, 2.05) is 29.3 Å². The average Bonchev–Trinajstić information content (AvgIpc) is 3.20. The molecule has 3 heterocycles. The third-order valence-corrected chi connectivity index (χ3v) is 6.99. The number of hydrogen-bond acceptors (Lipinski definition) is 4. The van der Waals surface area contributed by atoms with Gasteiger partial charge < -0.3 is 4.90 Å². The molecule has 2 aliphatic rings. The fraction of sp³-hybridized carbons (Fsp3) is 0.500. The van der Waals surface area contributed by atoms with E-state index in [4.69, 9.17) is 4.98 Å². The molecule has 1 saturated heterocycles. The lowest BCUT2D eigenvalue weighted by molar-refractivity contribution is 0.0888. The van der Waals surface area contributed by atoms with Crippen LogP contribution in [0.3, 0.4) is 0 Å². The van der Waals surface area contributed by atoms with Crippen molar-refractivity contribution in [1.82, 2.24) is 19.7 Å². The number of rotatable bonds is 3. The van der Waals surface area contributed by atoms with Crippen LogP contribution >= 0.6 is 11.3 Å². The van der Waals surface area contributed by atoms with Gasteiger partial charge in [0.25, 0.3) is 0 Å². The lowest BCUT2D eigenvalue weighted by atomic mass is 9.79. The van der Waals surface area contributed by atoms with E-state index in [-0.39, 0.29) is 0 Å². The predicted octanol–water partition coefficient (Wildman–Crippen LogP) is 4.43. The third kappa shape index (κ3) is 2.89. The quantitative estimate of drug-likeness (QED) is 0.699. The number of likely N-dealkylation sites (tertiary alicyclic amines) is 1. The standard InChI is InChI=1S/C20H24N4S/c1-23-13-16(12-21-23)14-5-6-18-19(11-14)25-20(22-18)15-9-17(10-15)24-7-3-2-4-8-24/h5-6,11-13,15,17H,2-4,7-10H2,1H3/t15-,17-. The second kappa shape index (κ2) is 6.22. The molecule has 2 fully saturated rings. The lowest BCUT2D eigenvalue weighted by Crippen LogP contribution is -2.46. The largest absolute Gasteiger partial charge is 0.300 e. The molecule has 2 aromatic heterocycles. The zero-order valence-corrected chi connectivity index (χ0v) is 15.5. The first-order valence-corrected chi connectivity index (χ1v) is 10.2. The van der Waals surface area contributed by atoms with E-state index in [0.717, 1.165) is 11.6 Å². The first-order valence-electron chi connectivity index (χ1n) is 9.40. The molecule has 0 N–H and O–H groups in total. The van der Waals surface area contributed by atoms with Crippen LogP contribution in [0.15, 0.2) is 30.6 Å². The minimum absolute atomic E-state index is 0.672. The second-order valence-electron chi connectivity index (χ2n) is 7.56. The summed E-state index contributed by atoms with van der Waals surface area (Å²) in [5.74, 6) is 0.672. The highest BCUT2D eigenvalue weighted by atomic mass is 32.1. The summed E-state index contributed by atoms with van der Waals surface area (Å²) in [6, 6.07) is 7.41. The Morgan fingerprint density at radius 3 is 2.68 bits per heavy atom. The summed E-state index contributed by atoms with van der Waals surface area (Å²) in [5, 5.41) is 5.62. The Hall–Kier alpha value is -1.72. The van der Waals surface area contributed by atoms with Crippen molar-refractivity contribution in [1.29, 1.82) is 0 Å². The number of thiazole rings is 1. The average molecular weight is 353 g/mol. The number of nitrogens with zero attached hydrogens (tertiary/aromatic N) is 4. The molecule has 0 atom stereocenters. The highest BCUT2D eigenvalue weighted by molar-refractivity contribution is 7.18. The minimum Gasteiger partial charge on any atom is -0.300 e. The highest BCUT2D eigenvalue weighted by Gasteiger charge is 2.36. The van der Waals surface area contributed by atoms with E-state index < -0.39 is 0 Å². The molecule has 0 spiro atoms. The van der Waals surface area contributed by atoms with Crippen molar-refractivity contribution in [3.8, 4) is 11.1 Å². The molecule has 3 aromatic rings. The van der Waals surface area contributed by atoms with Crippen LogP contribution in [0.2, 0.25) is 0 Å². The maximum atomic E-state index is 4.93. The summed E-state index contributed by atoms with van der Waals surface area (Å²) in [7, 11) is 1.96. The van der Waals surface area contributed by atoms with Gasteiger partial charge in [-0.25, -0.2) is 4.98 Å². The van der Waals surface area contributed by atoms with Gasteiger partial charge in [0.15, 0.2) is 0 Å². The summed E-state index contributed by atoms with van der Waals surface area (Å²) in [4.78, 5) is 7.65. The van der Waals surface area contributed by atoms with Crippen LogP contribution in [-0.2, 0) is 7.05 Å². The van der Waals surface area contributed by atoms with E-state index >= 15 is 0 Å². The van der Waals surface area contributed by atoms with Crippen molar-refractivity contribution in [2.45, 2.75) is 44.1 Å². The molecule has 0 bridgehead atoms. The number of benzene rings is 1. The zero-order chi connectivity index (χ0) is 16.8. The number of piperidine rings is 1. The molecule has 1 aliphatic carbocycles. The summed E-state index contributed by atoms with van der Waals surface area (Å²) in [5.41, 5.74) is 3.55. The Morgan fingerprint density at radius 2 is 1.92 bits per heavy atom. The molecule has 0 unspecified atom stereocenters. The van der Waals surface area contributed by atoms with E-state index in [9.17, 15) is 0 Å². The predicted molar refractivity (Wildman–Crippen MR) is 103 cm³/mol. The Bertz CT molecular complexity index is 884. The van der Waals surface area contributed by atoms with Crippen molar-refractivity contribution in [3.63, 3.8) is 0 Å². The number of aryl methyl sites for hydroxylation is 1. The zero-order valence-electron chi connectivity index (χ0n) is 14.7. The first kappa shape index (κ1) is 15.5. The van der Waals surface area contributed by atoms with E-state index in [0.29, 0.717) is 5.92 Å². The van der Waals surface area contributed by atoms with Gasteiger partial charge in [-0.15, -0.1) is 11.3 Å². The minimum atomic E-state index is 0.672. The number of aromatic nitrogens is 3. The Kier molecular flexibility index (Phi) is 3.86. The summed E-state index contributed by atoms with van der Waals surface area (Å²) >= 11 is 1.89. The van der Waals surface area contributed by atoms with Crippen LogP contribution in [0.5, 0.6) is 0 Å². The smallest absolute Gasteiger partial charge is 0.0970 e. The molecule has 1 aliphatic heterocycles. The van der Waals surface area contributed by atoms with Gasteiger partial charge in [-0.1, -0.05) is 12.5 Å². The van der Waals surface area contributed by atoms with Gasteiger partial charge >= 0.3 is 0 Å². The molecule has 130 valence electrons. The van der Waals surface area contributed by atoms with Gasteiger partial charge in [-0.3, -0.25) is 4.68 Å². The van der Waals surface area contributed by atoms with Crippen molar-refractivity contribution in [2.24, 2.45) is 7.05 Å². The van der Waals surface area contributed by atoms with Crippen LogP contribution in [0, 0.1) is 0 Å². The Balaban J connectivity index is 1.33. The van der Waals surface area contributed by atoms with Crippen molar-refractivity contribution >= 4 is 21.6 Å². The van der Waals surface area contributed by atoms with Crippen LogP contribution in [0.4, 0.5) is 0 Å². The maximum absolute atomic E-state index is 4.93. The van der Waals surface area contributed by atoms with Crippen LogP contribution in [-0.4, -0.2) is 38.8 Å². The van der Waals surface area contributed by atoms with E-state index in [2.05, 4.69) is 34.4 Å². The molecule has 0 amide bonds. The van der Waals surface area contributed by atoms with Crippen LogP contribution in [0.25, 0.3) is 21.3 Å². The number of fused-ring (bicyclic) bond motifs is 1. The van der Waals surface area contributed by atoms with Crippen molar-refractivity contribution in [2.75, 3.05) is 13.1 Å². The number of hydrogen-bond donors (Lipinski definition) is 0. The fourth-order valence-electron chi connectivity index (χ4n) is 4.24. The second-order valence-corrected chi connectivity index (χ2v) is 8.62. The van der Waals surface area contributed by atoms with Crippen LogP contribution < -0.4 is 0 Å². The van der Waals surface area contributed by atoms with Gasteiger partial charge in [0.05, 0.1) is 21.4 Å². The van der Waals surface area contributed by atoms with Gasteiger partial charge in [0.2, 0.25) is 0 Å². The Labute approximate surface area is 152 Å². The summed E-state index contributed by atoms with van der Waals surface area (Å²) in [6.45, 7) is 2.62. The first-order chi connectivity index (χ1) is 12.3. The lowest BCUT2D eigenvalue weighted by Gasteiger charge is -2.43. The Morgan fingerprint density at radius 1 is 1.08 bits per heavy atom. The molecule has 4 nitrogen and oxygen atoms in total. The summed E-state index contributed by atoms with van der Waals surface area (Å²) in [6.07, 6.45) is 10.8. The maximum Gasteiger partial charge on any atom is 0.0970 e.